The van der Waals surface area contributed by atoms with E-state index in [2.05, 4.69) is 5.32 Å². The highest BCUT2D eigenvalue weighted by Crippen LogP contribution is 2.05. The van der Waals surface area contributed by atoms with Crippen molar-refractivity contribution in [2.45, 2.75) is 25.9 Å². The fourth-order valence-electron chi connectivity index (χ4n) is 1.62. The monoisotopic (exact) mass is 216 g/mol. The van der Waals surface area contributed by atoms with Crippen LogP contribution in [0, 0.1) is 0 Å². The zero-order chi connectivity index (χ0) is 11.3. The summed E-state index contributed by atoms with van der Waals surface area (Å²) >= 11 is 0. The van der Waals surface area contributed by atoms with E-state index < -0.39 is 0 Å². The maximum absolute atomic E-state index is 11.5. The van der Waals surface area contributed by atoms with Crippen LogP contribution in [0.5, 0.6) is 0 Å². The van der Waals surface area contributed by atoms with Gasteiger partial charge in [-0.2, -0.15) is 0 Å². The fraction of sp³-hybridized carbons (Fsp3) is 0.900. The lowest BCUT2D eigenvalue weighted by Gasteiger charge is -2.33. The number of aliphatic hydroxyl groups excluding tert-OH is 1. The maximum Gasteiger partial charge on any atom is 0.234 e. The molecule has 1 amide bonds. The Morgan fingerprint density at radius 3 is 3.00 bits per heavy atom. The van der Waals surface area contributed by atoms with E-state index in [0.29, 0.717) is 26.3 Å². The summed E-state index contributed by atoms with van der Waals surface area (Å²) < 4.78 is 5.23. The molecule has 5 heteroatoms. The van der Waals surface area contributed by atoms with Crippen LogP contribution < -0.4 is 5.32 Å². The van der Waals surface area contributed by atoms with Crippen molar-refractivity contribution in [3.05, 3.63) is 0 Å². The van der Waals surface area contributed by atoms with Gasteiger partial charge in [-0.15, -0.1) is 0 Å². The Morgan fingerprint density at radius 2 is 2.40 bits per heavy atom. The molecule has 15 heavy (non-hydrogen) atoms. The molecule has 1 saturated heterocycles. The number of carbonyl (C=O) groups is 1. The van der Waals surface area contributed by atoms with Gasteiger partial charge in [-0.25, -0.2) is 0 Å². The number of hydrogen-bond acceptors (Lipinski definition) is 4. The van der Waals surface area contributed by atoms with E-state index in [1.54, 1.807) is 0 Å². The molecule has 1 rings (SSSR count). The molecule has 1 aliphatic heterocycles. The second-order valence-electron chi connectivity index (χ2n) is 4.10. The highest BCUT2D eigenvalue weighted by molar-refractivity contribution is 5.78. The number of amides is 1. The Labute approximate surface area is 90.4 Å². The zero-order valence-corrected chi connectivity index (χ0v) is 9.40. The van der Waals surface area contributed by atoms with Crippen LogP contribution in [0.15, 0.2) is 0 Å². The molecule has 1 unspecified atom stereocenters. The SMILES string of the molecule is CC(C)NC(=O)CN1CCOCC1CO. The molecule has 1 heterocycles. The number of nitrogens with one attached hydrogen (secondary N) is 1. The third-order valence-corrected chi connectivity index (χ3v) is 2.36. The lowest BCUT2D eigenvalue weighted by atomic mass is 10.2. The lowest BCUT2D eigenvalue weighted by molar-refractivity contribution is -0.125. The summed E-state index contributed by atoms with van der Waals surface area (Å²) in [5.41, 5.74) is 0. The van der Waals surface area contributed by atoms with Crippen molar-refractivity contribution in [1.29, 1.82) is 0 Å². The van der Waals surface area contributed by atoms with Gasteiger partial charge in [0, 0.05) is 12.6 Å². The molecule has 88 valence electrons. The minimum atomic E-state index is -0.0448. The summed E-state index contributed by atoms with van der Waals surface area (Å²) in [4.78, 5) is 13.5. The first-order valence-corrected chi connectivity index (χ1v) is 5.35. The number of aliphatic hydroxyl groups is 1. The molecule has 5 nitrogen and oxygen atoms in total. The summed E-state index contributed by atoms with van der Waals surface area (Å²) in [6, 6.07) is 0.114. The molecule has 1 aliphatic rings. The van der Waals surface area contributed by atoms with E-state index in [4.69, 9.17) is 9.84 Å². The Kier molecular flexibility index (Phi) is 5.01. The largest absolute Gasteiger partial charge is 0.395 e. The Balaban J connectivity index is 2.37. The van der Waals surface area contributed by atoms with Crippen molar-refractivity contribution in [3.8, 4) is 0 Å². The van der Waals surface area contributed by atoms with Crippen LogP contribution in [-0.2, 0) is 9.53 Å². The topological polar surface area (TPSA) is 61.8 Å². The molecule has 0 radical (unpaired) electrons. The van der Waals surface area contributed by atoms with Crippen LogP contribution in [0.1, 0.15) is 13.8 Å². The molecular weight excluding hydrogens is 196 g/mol. The molecule has 0 aromatic carbocycles. The molecular formula is C10H20N2O3. The third-order valence-electron chi connectivity index (χ3n) is 2.36. The molecule has 2 N–H and O–H groups in total. The number of nitrogens with zero attached hydrogens (tertiary/aromatic N) is 1. The number of carbonyl (C=O) groups excluding carboxylic acids is 1. The number of rotatable bonds is 4. The van der Waals surface area contributed by atoms with Gasteiger partial charge in [0.25, 0.3) is 0 Å². The van der Waals surface area contributed by atoms with Crippen molar-refractivity contribution in [3.63, 3.8) is 0 Å². The van der Waals surface area contributed by atoms with Crippen LogP contribution in [0.25, 0.3) is 0 Å². The Morgan fingerprint density at radius 1 is 1.67 bits per heavy atom. The number of morpholine rings is 1. The molecule has 0 aliphatic carbocycles. The van der Waals surface area contributed by atoms with Gasteiger partial charge in [-0.1, -0.05) is 0 Å². The van der Waals surface area contributed by atoms with Crippen LogP contribution in [0.3, 0.4) is 0 Å². The van der Waals surface area contributed by atoms with Crippen molar-refractivity contribution in [2.75, 3.05) is 32.9 Å². The third kappa shape index (κ3) is 4.15. The van der Waals surface area contributed by atoms with Gasteiger partial charge >= 0.3 is 0 Å². The molecule has 0 saturated carbocycles. The molecule has 0 bridgehead atoms. The second-order valence-corrected chi connectivity index (χ2v) is 4.10. The Bertz CT molecular complexity index is 209. The van der Waals surface area contributed by atoms with Gasteiger partial charge in [0.05, 0.1) is 32.4 Å². The molecule has 0 aromatic heterocycles. The van der Waals surface area contributed by atoms with Gasteiger partial charge in [-0.05, 0) is 13.8 Å². The molecule has 0 aromatic rings. The van der Waals surface area contributed by atoms with Crippen LogP contribution in [0.4, 0.5) is 0 Å². The zero-order valence-electron chi connectivity index (χ0n) is 9.40. The van der Waals surface area contributed by atoms with E-state index in [1.807, 2.05) is 18.7 Å². The highest BCUT2D eigenvalue weighted by Gasteiger charge is 2.24. The molecule has 1 fully saturated rings. The average Bonchev–Trinajstić information content (AvgIpc) is 2.17. The highest BCUT2D eigenvalue weighted by atomic mass is 16.5. The fourth-order valence-corrected chi connectivity index (χ4v) is 1.62. The first-order valence-electron chi connectivity index (χ1n) is 5.35. The van der Waals surface area contributed by atoms with Gasteiger partial charge in [0.15, 0.2) is 0 Å². The summed E-state index contributed by atoms with van der Waals surface area (Å²) in [5.74, 6) is 0.00495. The molecule has 1 atom stereocenters. The number of ether oxygens (including phenoxy) is 1. The quantitative estimate of drug-likeness (QED) is 0.646. The Hall–Kier alpha value is -0.650. The normalized spacial score (nSPS) is 23.1. The van der Waals surface area contributed by atoms with E-state index >= 15 is 0 Å². The summed E-state index contributed by atoms with van der Waals surface area (Å²) in [6.07, 6.45) is 0. The van der Waals surface area contributed by atoms with Crippen LogP contribution >= 0.6 is 0 Å². The lowest BCUT2D eigenvalue weighted by Crippen LogP contribution is -2.51. The van der Waals surface area contributed by atoms with Crippen molar-refractivity contribution in [1.82, 2.24) is 10.2 Å². The standard InChI is InChI=1S/C10H20N2O3/c1-8(2)11-10(14)5-12-3-4-15-7-9(12)6-13/h8-9,13H,3-7H2,1-2H3,(H,11,14). The van der Waals surface area contributed by atoms with Gasteiger partial charge in [-0.3, -0.25) is 9.69 Å². The first-order chi connectivity index (χ1) is 7.13. The minimum absolute atomic E-state index is 0.00495. The number of hydrogen-bond donors (Lipinski definition) is 2. The van der Waals surface area contributed by atoms with Crippen molar-refractivity contribution < 1.29 is 14.6 Å². The summed E-state index contributed by atoms with van der Waals surface area (Å²) in [6.45, 7) is 6.08. The van der Waals surface area contributed by atoms with E-state index in [1.165, 1.54) is 0 Å². The minimum Gasteiger partial charge on any atom is -0.395 e. The van der Waals surface area contributed by atoms with Crippen LogP contribution in [-0.4, -0.2) is 60.9 Å². The predicted molar refractivity (Wildman–Crippen MR) is 56.5 cm³/mol. The second kappa shape index (κ2) is 6.05. The molecule has 0 spiro atoms. The van der Waals surface area contributed by atoms with E-state index in [9.17, 15) is 4.79 Å². The van der Waals surface area contributed by atoms with E-state index in [-0.39, 0.29) is 24.6 Å². The average molecular weight is 216 g/mol. The smallest absolute Gasteiger partial charge is 0.234 e. The van der Waals surface area contributed by atoms with Crippen molar-refractivity contribution in [2.24, 2.45) is 0 Å². The summed E-state index contributed by atoms with van der Waals surface area (Å²) in [7, 11) is 0. The van der Waals surface area contributed by atoms with Crippen LogP contribution in [0.2, 0.25) is 0 Å². The van der Waals surface area contributed by atoms with Gasteiger partial charge in [0.2, 0.25) is 5.91 Å². The van der Waals surface area contributed by atoms with Crippen molar-refractivity contribution >= 4 is 5.91 Å². The predicted octanol–water partition coefficient (Wildman–Crippen LogP) is -0.796. The summed E-state index contributed by atoms with van der Waals surface area (Å²) in [5, 5.41) is 11.9. The first kappa shape index (κ1) is 12.4. The van der Waals surface area contributed by atoms with Gasteiger partial charge in [0.1, 0.15) is 0 Å². The van der Waals surface area contributed by atoms with Gasteiger partial charge < -0.3 is 15.2 Å². The van der Waals surface area contributed by atoms with E-state index in [0.717, 1.165) is 0 Å². The maximum atomic E-state index is 11.5.